The number of aromatic nitrogens is 2. The second kappa shape index (κ2) is 5.66. The molecule has 1 fully saturated rings. The second-order valence-electron chi connectivity index (χ2n) is 6.03. The standard InChI is InChI=1S/C15H24N4O/c1-10-7-14-13(11(2)20-10)9-17-15(18-14)19-5-3-12(8-16)4-6-19/h9-12H,3-8,16H2,1-2H3. The zero-order chi connectivity index (χ0) is 14.1. The smallest absolute Gasteiger partial charge is 0.225 e. The number of ether oxygens (including phenoxy) is 1. The number of nitrogens with zero attached hydrogens (tertiary/aromatic N) is 3. The van der Waals surface area contributed by atoms with Crippen LogP contribution in [0.25, 0.3) is 0 Å². The lowest BCUT2D eigenvalue weighted by Gasteiger charge is -2.33. The molecule has 0 aromatic carbocycles. The molecular weight excluding hydrogens is 252 g/mol. The molecule has 0 bridgehead atoms. The number of piperidine rings is 1. The molecular formula is C15H24N4O. The Hall–Kier alpha value is -1.20. The van der Waals surface area contributed by atoms with Gasteiger partial charge in [0.25, 0.3) is 0 Å². The Labute approximate surface area is 120 Å². The molecule has 2 aliphatic heterocycles. The van der Waals surface area contributed by atoms with E-state index in [1.165, 1.54) is 0 Å². The highest BCUT2D eigenvalue weighted by Gasteiger charge is 2.26. The van der Waals surface area contributed by atoms with Crippen molar-refractivity contribution < 1.29 is 4.74 Å². The maximum atomic E-state index is 5.82. The van der Waals surface area contributed by atoms with Gasteiger partial charge in [-0.05, 0) is 39.2 Å². The first-order chi connectivity index (χ1) is 9.67. The van der Waals surface area contributed by atoms with Crippen molar-refractivity contribution in [2.45, 2.75) is 45.3 Å². The number of hydrogen-bond acceptors (Lipinski definition) is 5. The second-order valence-corrected chi connectivity index (χ2v) is 6.03. The molecule has 2 N–H and O–H groups in total. The van der Waals surface area contributed by atoms with Gasteiger partial charge in [0.15, 0.2) is 0 Å². The zero-order valence-corrected chi connectivity index (χ0v) is 12.4. The van der Waals surface area contributed by atoms with Crippen molar-refractivity contribution in [3.63, 3.8) is 0 Å². The van der Waals surface area contributed by atoms with Crippen molar-refractivity contribution in [3.05, 3.63) is 17.5 Å². The van der Waals surface area contributed by atoms with Crippen molar-refractivity contribution in [2.24, 2.45) is 11.7 Å². The number of nitrogens with two attached hydrogens (primary N) is 1. The average Bonchev–Trinajstić information content (AvgIpc) is 2.46. The van der Waals surface area contributed by atoms with Gasteiger partial charge < -0.3 is 15.4 Å². The highest BCUT2D eigenvalue weighted by Crippen LogP contribution is 2.29. The topological polar surface area (TPSA) is 64.3 Å². The first kappa shape index (κ1) is 13.8. The van der Waals surface area contributed by atoms with Crippen LogP contribution in [0.3, 0.4) is 0 Å². The molecule has 3 rings (SSSR count). The molecule has 1 aromatic rings. The van der Waals surface area contributed by atoms with E-state index in [1.54, 1.807) is 0 Å². The third kappa shape index (κ3) is 2.65. The maximum Gasteiger partial charge on any atom is 0.225 e. The fourth-order valence-corrected chi connectivity index (χ4v) is 3.18. The van der Waals surface area contributed by atoms with Crippen LogP contribution in [0.4, 0.5) is 5.95 Å². The Morgan fingerprint density at radius 1 is 1.35 bits per heavy atom. The predicted octanol–water partition coefficient (Wildman–Crippen LogP) is 1.67. The highest BCUT2D eigenvalue weighted by molar-refractivity contribution is 5.35. The van der Waals surface area contributed by atoms with Crippen LogP contribution in [0.2, 0.25) is 0 Å². The lowest BCUT2D eigenvalue weighted by atomic mass is 9.97. The Morgan fingerprint density at radius 2 is 2.10 bits per heavy atom. The molecule has 1 saturated heterocycles. The molecule has 2 atom stereocenters. The third-order valence-corrected chi connectivity index (χ3v) is 4.47. The van der Waals surface area contributed by atoms with Gasteiger partial charge in [-0.1, -0.05) is 0 Å². The van der Waals surface area contributed by atoms with Crippen LogP contribution < -0.4 is 10.6 Å². The van der Waals surface area contributed by atoms with Crippen LogP contribution >= 0.6 is 0 Å². The number of hydrogen-bond donors (Lipinski definition) is 1. The van der Waals surface area contributed by atoms with Crippen molar-refractivity contribution in [1.82, 2.24) is 9.97 Å². The average molecular weight is 276 g/mol. The largest absolute Gasteiger partial charge is 0.370 e. The van der Waals surface area contributed by atoms with Gasteiger partial charge in [0.05, 0.1) is 17.9 Å². The van der Waals surface area contributed by atoms with E-state index < -0.39 is 0 Å². The molecule has 110 valence electrons. The molecule has 20 heavy (non-hydrogen) atoms. The van der Waals surface area contributed by atoms with E-state index >= 15 is 0 Å². The number of fused-ring (bicyclic) bond motifs is 1. The van der Waals surface area contributed by atoms with Crippen LogP contribution in [0.5, 0.6) is 0 Å². The van der Waals surface area contributed by atoms with Gasteiger partial charge in [-0.2, -0.15) is 0 Å². The summed E-state index contributed by atoms with van der Waals surface area (Å²) in [5.41, 5.74) is 8.04. The molecule has 1 aromatic heterocycles. The lowest BCUT2D eigenvalue weighted by Crippen LogP contribution is -2.37. The van der Waals surface area contributed by atoms with Gasteiger partial charge in [0, 0.05) is 31.3 Å². The summed E-state index contributed by atoms with van der Waals surface area (Å²) in [5.74, 6) is 1.54. The summed E-state index contributed by atoms with van der Waals surface area (Å²) >= 11 is 0. The molecule has 0 saturated carbocycles. The SMILES string of the molecule is CC1Cc2nc(N3CCC(CN)CC3)ncc2C(C)O1. The van der Waals surface area contributed by atoms with Crippen LogP contribution in [-0.2, 0) is 11.2 Å². The molecule has 0 amide bonds. The van der Waals surface area contributed by atoms with Crippen LogP contribution in [-0.4, -0.2) is 35.7 Å². The molecule has 3 heterocycles. The number of rotatable bonds is 2. The third-order valence-electron chi connectivity index (χ3n) is 4.47. The van der Waals surface area contributed by atoms with Gasteiger partial charge in [0.1, 0.15) is 0 Å². The van der Waals surface area contributed by atoms with E-state index in [9.17, 15) is 0 Å². The zero-order valence-electron chi connectivity index (χ0n) is 12.4. The summed E-state index contributed by atoms with van der Waals surface area (Å²) in [6.45, 7) is 7.01. The van der Waals surface area contributed by atoms with E-state index in [1.807, 2.05) is 6.20 Å². The van der Waals surface area contributed by atoms with E-state index in [4.69, 9.17) is 15.5 Å². The molecule has 5 heteroatoms. The minimum Gasteiger partial charge on any atom is -0.370 e. The van der Waals surface area contributed by atoms with Gasteiger partial charge in [-0.3, -0.25) is 0 Å². The van der Waals surface area contributed by atoms with Crippen LogP contribution in [0.1, 0.15) is 44.1 Å². The Morgan fingerprint density at radius 3 is 2.80 bits per heavy atom. The quantitative estimate of drug-likeness (QED) is 0.890. The summed E-state index contributed by atoms with van der Waals surface area (Å²) in [6.07, 6.45) is 5.46. The maximum absolute atomic E-state index is 5.82. The van der Waals surface area contributed by atoms with E-state index in [0.717, 1.165) is 56.1 Å². The summed E-state index contributed by atoms with van der Waals surface area (Å²) in [7, 11) is 0. The Balaban J connectivity index is 1.77. The molecule has 0 aliphatic carbocycles. The van der Waals surface area contributed by atoms with Gasteiger partial charge in [-0.25, -0.2) is 9.97 Å². The van der Waals surface area contributed by atoms with Gasteiger partial charge >= 0.3 is 0 Å². The molecule has 0 radical (unpaired) electrons. The highest BCUT2D eigenvalue weighted by atomic mass is 16.5. The monoisotopic (exact) mass is 276 g/mol. The van der Waals surface area contributed by atoms with Crippen LogP contribution in [0.15, 0.2) is 6.20 Å². The normalized spacial score (nSPS) is 27.4. The predicted molar refractivity (Wildman–Crippen MR) is 78.7 cm³/mol. The van der Waals surface area contributed by atoms with Crippen molar-refractivity contribution in [3.8, 4) is 0 Å². The minimum atomic E-state index is 0.103. The molecule has 5 nitrogen and oxygen atoms in total. The van der Waals surface area contributed by atoms with Gasteiger partial charge in [0.2, 0.25) is 5.95 Å². The van der Waals surface area contributed by atoms with Crippen molar-refractivity contribution >= 4 is 5.95 Å². The summed E-state index contributed by atoms with van der Waals surface area (Å²) < 4.78 is 5.82. The fraction of sp³-hybridized carbons (Fsp3) is 0.733. The van der Waals surface area contributed by atoms with E-state index in [0.29, 0.717) is 5.92 Å². The van der Waals surface area contributed by atoms with Gasteiger partial charge in [-0.15, -0.1) is 0 Å². The summed E-state index contributed by atoms with van der Waals surface area (Å²) in [5, 5.41) is 0. The van der Waals surface area contributed by atoms with Crippen molar-refractivity contribution in [2.75, 3.05) is 24.5 Å². The van der Waals surface area contributed by atoms with Crippen molar-refractivity contribution in [1.29, 1.82) is 0 Å². The Kier molecular flexibility index (Phi) is 3.89. The molecule has 2 unspecified atom stereocenters. The summed E-state index contributed by atoms with van der Waals surface area (Å²) in [6, 6.07) is 0. The summed E-state index contributed by atoms with van der Waals surface area (Å²) in [4.78, 5) is 11.6. The first-order valence-electron chi connectivity index (χ1n) is 7.63. The molecule has 0 spiro atoms. The first-order valence-corrected chi connectivity index (χ1v) is 7.63. The van der Waals surface area contributed by atoms with E-state index in [2.05, 4.69) is 23.7 Å². The minimum absolute atomic E-state index is 0.103. The Bertz CT molecular complexity index is 471. The van der Waals surface area contributed by atoms with Crippen LogP contribution in [0, 0.1) is 5.92 Å². The lowest BCUT2D eigenvalue weighted by molar-refractivity contribution is -0.00619. The fourth-order valence-electron chi connectivity index (χ4n) is 3.18. The molecule has 2 aliphatic rings. The number of anilines is 1. The van der Waals surface area contributed by atoms with E-state index in [-0.39, 0.29) is 12.2 Å².